The summed E-state index contributed by atoms with van der Waals surface area (Å²) in [7, 11) is -2.57. The Hall–Kier alpha value is -0.183. The van der Waals surface area contributed by atoms with Crippen LogP contribution in [0.5, 0.6) is 0 Å². The molecule has 29 heavy (non-hydrogen) atoms. The van der Waals surface area contributed by atoms with E-state index in [1.807, 2.05) is 0 Å². The van der Waals surface area contributed by atoms with Gasteiger partial charge in [-0.05, 0) is 54.2 Å². The van der Waals surface area contributed by atoms with Gasteiger partial charge in [0.2, 0.25) is 0 Å². The molecule has 5 heteroatoms. The van der Waals surface area contributed by atoms with Crippen LogP contribution in [0.4, 0.5) is 0 Å². The minimum Gasteiger partial charge on any atom is -0.114 e. The number of rotatable bonds is 3. The number of fused-ring (bicyclic) bond motifs is 2. The van der Waals surface area contributed by atoms with E-state index in [9.17, 15) is 0 Å². The summed E-state index contributed by atoms with van der Waals surface area (Å²) in [4.78, 5) is 0. The topological polar surface area (TPSA) is 0 Å². The van der Waals surface area contributed by atoms with Gasteiger partial charge in [-0.25, -0.2) is 0 Å². The molecule has 0 saturated carbocycles. The van der Waals surface area contributed by atoms with E-state index in [1.165, 1.54) is 44.2 Å². The zero-order valence-corrected chi connectivity index (χ0v) is 24.5. The Morgan fingerprint density at radius 3 is 1.72 bits per heavy atom. The van der Waals surface area contributed by atoms with Crippen LogP contribution in [0.15, 0.2) is 59.7 Å². The van der Waals surface area contributed by atoms with Crippen molar-refractivity contribution in [3.63, 3.8) is 0 Å². The molecule has 2 aliphatic rings. The van der Waals surface area contributed by atoms with Gasteiger partial charge in [0, 0.05) is 26.2 Å². The van der Waals surface area contributed by atoms with Crippen LogP contribution in [-0.4, -0.2) is 17.6 Å². The largest absolute Gasteiger partial charge is 0.114 e. The predicted molar refractivity (Wildman–Crippen MR) is 131 cm³/mol. The number of hydrogen-bond acceptors (Lipinski definition) is 0. The normalized spacial score (nSPS) is 26.2. The van der Waals surface area contributed by atoms with Crippen molar-refractivity contribution in [2.24, 2.45) is 0 Å². The van der Waals surface area contributed by atoms with Crippen molar-refractivity contribution in [1.29, 1.82) is 0 Å². The van der Waals surface area contributed by atoms with E-state index in [-0.39, 0.29) is 26.2 Å². The summed E-state index contributed by atoms with van der Waals surface area (Å²) in [6.07, 6.45) is 0. The maximum absolute atomic E-state index is 7.62. The van der Waals surface area contributed by atoms with Gasteiger partial charge in [-0.2, -0.15) is 0 Å². The van der Waals surface area contributed by atoms with E-state index < -0.39 is 26.6 Å². The Bertz CT molecular complexity index is 1050. The molecule has 0 bridgehead atoms. The molecule has 2 unspecified atom stereocenters. The number of hydrogen-bond donors (Lipinski definition) is 0. The third kappa shape index (κ3) is 3.40. The second-order valence-corrected chi connectivity index (χ2v) is 19.0. The summed E-state index contributed by atoms with van der Waals surface area (Å²) in [6, 6.07) is 17.4. The molecule has 150 valence electrons. The molecule has 0 amide bonds. The molecule has 2 aliphatic carbocycles. The summed E-state index contributed by atoms with van der Waals surface area (Å²) in [6.45, 7) is 13.9. The average Bonchev–Trinajstić information content (AvgIpc) is 2.97. The van der Waals surface area contributed by atoms with Gasteiger partial charge in [0.1, 0.15) is 0 Å². The number of benzene rings is 2. The maximum Gasteiger partial charge on any atom is 0.0923 e. The van der Waals surface area contributed by atoms with Gasteiger partial charge in [-0.1, -0.05) is 78.9 Å². The minimum atomic E-state index is -1.55. The van der Waals surface area contributed by atoms with Gasteiger partial charge in [0.15, 0.2) is 0 Å². The van der Waals surface area contributed by atoms with Crippen LogP contribution in [0.25, 0.3) is 10.8 Å². The third-order valence-corrected chi connectivity index (χ3v) is 13.5. The van der Waals surface area contributed by atoms with Crippen LogP contribution >= 0.6 is 23.2 Å². The molecule has 0 aliphatic heterocycles. The van der Waals surface area contributed by atoms with E-state index in [1.54, 1.807) is 0 Å². The first-order chi connectivity index (χ1) is 13.0. The van der Waals surface area contributed by atoms with Crippen molar-refractivity contribution in [3.05, 3.63) is 81.9 Å². The second-order valence-electron chi connectivity index (χ2n) is 9.37. The standard InChI is InChI=1S/C24H28Cl2Si2.Zr/c1-15-16(2)23(25,20-13-9-7-11-18(15)20)27-24(26)17(3)22(28(4,5)6)19-12-8-10-14-21(19)24;/h7-14H,27H2,1-6H3;. The molecule has 2 atom stereocenters. The van der Waals surface area contributed by atoms with E-state index in [0.29, 0.717) is 0 Å². The van der Waals surface area contributed by atoms with Gasteiger partial charge in [0.05, 0.1) is 26.6 Å². The monoisotopic (exact) mass is 532 g/mol. The van der Waals surface area contributed by atoms with E-state index >= 15 is 0 Å². The average molecular weight is 535 g/mol. The number of allylic oxidation sites excluding steroid dienone is 3. The summed E-state index contributed by atoms with van der Waals surface area (Å²) in [5.41, 5.74) is 9.16. The van der Waals surface area contributed by atoms with Crippen molar-refractivity contribution in [1.82, 2.24) is 0 Å². The molecule has 0 radical (unpaired) electrons. The Morgan fingerprint density at radius 2 is 1.17 bits per heavy atom. The fourth-order valence-electron chi connectivity index (χ4n) is 5.26. The molecule has 0 spiro atoms. The van der Waals surface area contributed by atoms with Gasteiger partial charge in [-0.15, -0.1) is 23.2 Å². The van der Waals surface area contributed by atoms with Crippen molar-refractivity contribution in [2.45, 2.75) is 49.4 Å². The Balaban J connectivity index is 0.00000240. The van der Waals surface area contributed by atoms with Crippen LogP contribution in [0, 0.1) is 0 Å². The van der Waals surface area contributed by atoms with Crippen molar-refractivity contribution < 1.29 is 26.2 Å². The SMILES string of the molecule is CC1=C(C)C(Cl)([SiH2]C2(Cl)C(C)=C([Si](C)(C)C)c3ccccc32)c2ccccc21.[Zr]. The number of halogens is 2. The summed E-state index contributed by atoms with van der Waals surface area (Å²) < 4.78 is -0.876. The molecule has 0 heterocycles. The van der Waals surface area contributed by atoms with Crippen molar-refractivity contribution in [3.8, 4) is 0 Å². The molecule has 2 aromatic rings. The molecule has 0 saturated heterocycles. The van der Waals surface area contributed by atoms with Gasteiger partial charge in [0.25, 0.3) is 0 Å². The van der Waals surface area contributed by atoms with Crippen LogP contribution in [-0.2, 0) is 35.2 Å². The first-order valence-electron chi connectivity index (χ1n) is 9.99. The minimum absolute atomic E-state index is 0. The Labute approximate surface area is 207 Å². The van der Waals surface area contributed by atoms with Crippen LogP contribution < -0.4 is 0 Å². The van der Waals surface area contributed by atoms with E-state index in [2.05, 4.69) is 88.9 Å². The van der Waals surface area contributed by atoms with Gasteiger partial charge >= 0.3 is 0 Å². The Kier molecular flexibility index (Phi) is 6.27. The first kappa shape index (κ1) is 23.5. The van der Waals surface area contributed by atoms with Gasteiger partial charge < -0.3 is 0 Å². The zero-order valence-electron chi connectivity index (χ0n) is 18.1. The van der Waals surface area contributed by atoms with Crippen molar-refractivity contribution in [2.75, 3.05) is 0 Å². The summed E-state index contributed by atoms with van der Waals surface area (Å²) >= 11 is 15.1. The maximum atomic E-state index is 7.62. The molecular weight excluding hydrogens is 507 g/mol. The van der Waals surface area contributed by atoms with Gasteiger partial charge in [-0.3, -0.25) is 0 Å². The second kappa shape index (κ2) is 7.75. The fourth-order valence-corrected chi connectivity index (χ4v) is 12.5. The fraction of sp³-hybridized carbons (Fsp3) is 0.333. The van der Waals surface area contributed by atoms with E-state index in [0.717, 1.165) is 0 Å². The quantitative estimate of drug-likeness (QED) is 0.300. The summed E-state index contributed by atoms with van der Waals surface area (Å²) in [5, 5.41) is 1.52. The molecule has 0 nitrogen and oxygen atoms in total. The molecule has 0 N–H and O–H groups in total. The zero-order chi connectivity index (χ0) is 20.5. The number of alkyl halides is 2. The smallest absolute Gasteiger partial charge is 0.0923 e. The summed E-state index contributed by atoms with van der Waals surface area (Å²) in [5.74, 6) is 0. The predicted octanol–water partition coefficient (Wildman–Crippen LogP) is 6.81. The van der Waals surface area contributed by atoms with Crippen LogP contribution in [0.3, 0.4) is 0 Å². The molecule has 2 aromatic carbocycles. The molecular formula is C24H28Cl2Si2Zr. The van der Waals surface area contributed by atoms with Crippen molar-refractivity contribution >= 4 is 51.6 Å². The third-order valence-electron chi connectivity index (χ3n) is 6.74. The van der Waals surface area contributed by atoms with Crippen LogP contribution in [0.2, 0.25) is 19.6 Å². The molecule has 0 aromatic heterocycles. The first-order valence-corrected chi connectivity index (χ1v) is 15.7. The Morgan fingerprint density at radius 1 is 0.724 bits per heavy atom. The molecule has 0 fully saturated rings. The molecule has 4 rings (SSSR count). The van der Waals surface area contributed by atoms with Crippen LogP contribution in [0.1, 0.15) is 43.0 Å². The van der Waals surface area contributed by atoms with E-state index in [4.69, 9.17) is 23.2 Å².